The standard InChI is InChI=1S/C15H18N4S2/c1-11-6-7-13(10-12(11)2)17-14-18-19-15(21-14)20-9-5-3-4-8-16/h6-7,10H,3-5,9H2,1-2H3,(H,17,18). The van der Waals surface area contributed by atoms with Crippen molar-refractivity contribution in [2.75, 3.05) is 11.1 Å². The van der Waals surface area contributed by atoms with Crippen molar-refractivity contribution >= 4 is 33.9 Å². The maximum Gasteiger partial charge on any atom is 0.210 e. The summed E-state index contributed by atoms with van der Waals surface area (Å²) in [5.41, 5.74) is 3.59. The van der Waals surface area contributed by atoms with Gasteiger partial charge in [-0.2, -0.15) is 5.26 Å². The number of hydrogen-bond donors (Lipinski definition) is 1. The molecule has 1 heterocycles. The van der Waals surface area contributed by atoms with Gasteiger partial charge in [0, 0.05) is 17.9 Å². The Morgan fingerprint density at radius 2 is 2.10 bits per heavy atom. The van der Waals surface area contributed by atoms with Gasteiger partial charge in [0.05, 0.1) is 6.07 Å². The van der Waals surface area contributed by atoms with E-state index in [0.717, 1.165) is 33.8 Å². The summed E-state index contributed by atoms with van der Waals surface area (Å²) in [5, 5.41) is 20.9. The Balaban J connectivity index is 1.85. The molecule has 2 aromatic rings. The molecule has 1 aromatic heterocycles. The number of anilines is 2. The van der Waals surface area contributed by atoms with Gasteiger partial charge in [-0.05, 0) is 49.9 Å². The summed E-state index contributed by atoms with van der Waals surface area (Å²) in [6, 6.07) is 8.43. The van der Waals surface area contributed by atoms with Crippen LogP contribution in [0, 0.1) is 25.2 Å². The number of nitrogens with zero attached hydrogens (tertiary/aromatic N) is 3. The van der Waals surface area contributed by atoms with Crippen molar-refractivity contribution in [2.24, 2.45) is 0 Å². The number of unbranched alkanes of at least 4 members (excludes halogenated alkanes) is 2. The molecule has 0 fully saturated rings. The molecule has 0 saturated carbocycles. The minimum absolute atomic E-state index is 0.635. The Morgan fingerprint density at radius 1 is 1.24 bits per heavy atom. The fourth-order valence-corrected chi connectivity index (χ4v) is 3.57. The molecule has 0 atom stereocenters. The summed E-state index contributed by atoms with van der Waals surface area (Å²) in [6.07, 6.45) is 2.63. The molecule has 0 radical (unpaired) electrons. The summed E-state index contributed by atoms with van der Waals surface area (Å²) in [6.45, 7) is 4.20. The monoisotopic (exact) mass is 318 g/mol. The summed E-state index contributed by atoms with van der Waals surface area (Å²) < 4.78 is 0.971. The Hall–Kier alpha value is -1.58. The Bertz CT molecular complexity index is 631. The third-order valence-corrected chi connectivity index (χ3v) is 5.13. The van der Waals surface area contributed by atoms with E-state index in [9.17, 15) is 0 Å². The molecule has 0 unspecified atom stereocenters. The van der Waals surface area contributed by atoms with Crippen LogP contribution in [0.3, 0.4) is 0 Å². The lowest BCUT2D eigenvalue weighted by molar-refractivity contribution is 0.829. The molecular formula is C15H18N4S2. The molecule has 4 nitrogen and oxygen atoms in total. The fourth-order valence-electron chi connectivity index (χ4n) is 1.73. The SMILES string of the molecule is Cc1ccc(Nc2nnc(SCCCCC#N)s2)cc1C. The van der Waals surface area contributed by atoms with Crippen molar-refractivity contribution in [3.05, 3.63) is 29.3 Å². The molecule has 0 aliphatic rings. The van der Waals surface area contributed by atoms with Crippen LogP contribution in [0.5, 0.6) is 0 Å². The molecule has 2 rings (SSSR count). The van der Waals surface area contributed by atoms with E-state index in [-0.39, 0.29) is 0 Å². The maximum absolute atomic E-state index is 8.48. The van der Waals surface area contributed by atoms with Crippen molar-refractivity contribution in [1.82, 2.24) is 10.2 Å². The normalized spacial score (nSPS) is 10.3. The Labute approximate surface area is 133 Å². The van der Waals surface area contributed by atoms with Gasteiger partial charge in [-0.1, -0.05) is 29.2 Å². The molecular weight excluding hydrogens is 300 g/mol. The van der Waals surface area contributed by atoms with Crippen LogP contribution in [-0.2, 0) is 0 Å². The topological polar surface area (TPSA) is 61.6 Å². The van der Waals surface area contributed by atoms with Crippen LogP contribution in [-0.4, -0.2) is 16.0 Å². The molecule has 0 aliphatic heterocycles. The summed E-state index contributed by atoms with van der Waals surface area (Å²) in [4.78, 5) is 0. The zero-order valence-corrected chi connectivity index (χ0v) is 13.9. The molecule has 6 heteroatoms. The third-order valence-electron chi connectivity index (χ3n) is 3.07. The second-order valence-electron chi connectivity index (χ2n) is 4.76. The van der Waals surface area contributed by atoms with Gasteiger partial charge in [0.2, 0.25) is 5.13 Å². The first kappa shape index (κ1) is 15.8. The number of hydrogen-bond acceptors (Lipinski definition) is 6. The maximum atomic E-state index is 8.48. The van der Waals surface area contributed by atoms with Crippen LogP contribution in [0.25, 0.3) is 0 Å². The van der Waals surface area contributed by atoms with Crippen molar-refractivity contribution in [3.63, 3.8) is 0 Å². The van der Waals surface area contributed by atoms with E-state index < -0.39 is 0 Å². The van der Waals surface area contributed by atoms with Gasteiger partial charge in [0.15, 0.2) is 4.34 Å². The quantitative estimate of drug-likeness (QED) is 0.593. The molecule has 21 heavy (non-hydrogen) atoms. The number of rotatable bonds is 7. The summed E-state index contributed by atoms with van der Waals surface area (Å²) in [5.74, 6) is 0.986. The second-order valence-corrected chi connectivity index (χ2v) is 7.08. The number of aryl methyl sites for hydroxylation is 2. The summed E-state index contributed by atoms with van der Waals surface area (Å²) in [7, 11) is 0. The van der Waals surface area contributed by atoms with Gasteiger partial charge in [0.25, 0.3) is 0 Å². The lowest BCUT2D eigenvalue weighted by Crippen LogP contribution is -1.91. The minimum atomic E-state index is 0.635. The zero-order valence-electron chi connectivity index (χ0n) is 12.2. The molecule has 110 valence electrons. The average Bonchev–Trinajstić information content (AvgIpc) is 2.90. The Morgan fingerprint density at radius 3 is 2.86 bits per heavy atom. The van der Waals surface area contributed by atoms with Crippen molar-refractivity contribution in [1.29, 1.82) is 5.26 Å². The van der Waals surface area contributed by atoms with Crippen LogP contribution in [0.4, 0.5) is 10.8 Å². The third kappa shape index (κ3) is 5.03. The van der Waals surface area contributed by atoms with Gasteiger partial charge < -0.3 is 5.32 Å². The van der Waals surface area contributed by atoms with Crippen LogP contribution in [0.2, 0.25) is 0 Å². The zero-order chi connectivity index (χ0) is 15.1. The highest BCUT2D eigenvalue weighted by atomic mass is 32.2. The fraction of sp³-hybridized carbons (Fsp3) is 0.400. The first-order valence-electron chi connectivity index (χ1n) is 6.86. The molecule has 0 aliphatic carbocycles. The van der Waals surface area contributed by atoms with Gasteiger partial charge in [-0.15, -0.1) is 10.2 Å². The highest BCUT2D eigenvalue weighted by molar-refractivity contribution is 8.01. The molecule has 1 aromatic carbocycles. The highest BCUT2D eigenvalue weighted by Crippen LogP contribution is 2.28. The predicted octanol–water partition coefficient (Wildman–Crippen LogP) is 4.68. The predicted molar refractivity (Wildman–Crippen MR) is 89.3 cm³/mol. The van der Waals surface area contributed by atoms with Gasteiger partial charge in [-0.3, -0.25) is 0 Å². The van der Waals surface area contributed by atoms with E-state index in [1.54, 1.807) is 23.1 Å². The first-order chi connectivity index (χ1) is 10.2. The lowest BCUT2D eigenvalue weighted by Gasteiger charge is -2.05. The highest BCUT2D eigenvalue weighted by Gasteiger charge is 2.05. The van der Waals surface area contributed by atoms with Crippen molar-refractivity contribution in [3.8, 4) is 6.07 Å². The molecule has 0 amide bonds. The second kappa shape index (κ2) is 8.01. The van der Waals surface area contributed by atoms with E-state index in [1.807, 2.05) is 0 Å². The van der Waals surface area contributed by atoms with E-state index >= 15 is 0 Å². The van der Waals surface area contributed by atoms with Crippen LogP contribution in [0.15, 0.2) is 22.5 Å². The average molecular weight is 318 g/mol. The van der Waals surface area contributed by atoms with Gasteiger partial charge >= 0.3 is 0 Å². The van der Waals surface area contributed by atoms with Gasteiger partial charge in [-0.25, -0.2) is 0 Å². The minimum Gasteiger partial charge on any atom is -0.330 e. The van der Waals surface area contributed by atoms with Crippen LogP contribution < -0.4 is 5.32 Å². The van der Waals surface area contributed by atoms with Crippen LogP contribution in [0.1, 0.15) is 30.4 Å². The first-order valence-corrected chi connectivity index (χ1v) is 8.67. The Kier molecular flexibility index (Phi) is 6.03. The van der Waals surface area contributed by atoms with Gasteiger partial charge in [0.1, 0.15) is 0 Å². The van der Waals surface area contributed by atoms with E-state index in [0.29, 0.717) is 6.42 Å². The summed E-state index contributed by atoms with van der Waals surface area (Å²) >= 11 is 3.27. The lowest BCUT2D eigenvalue weighted by atomic mass is 10.1. The van der Waals surface area contributed by atoms with Crippen molar-refractivity contribution < 1.29 is 0 Å². The number of thioether (sulfide) groups is 1. The smallest absolute Gasteiger partial charge is 0.210 e. The van der Waals surface area contributed by atoms with E-state index in [4.69, 9.17) is 5.26 Å². The van der Waals surface area contributed by atoms with E-state index in [2.05, 4.69) is 53.6 Å². The molecule has 0 bridgehead atoms. The molecule has 0 saturated heterocycles. The number of benzene rings is 1. The number of nitriles is 1. The molecule has 0 spiro atoms. The van der Waals surface area contributed by atoms with Crippen molar-refractivity contribution in [2.45, 2.75) is 37.4 Å². The largest absolute Gasteiger partial charge is 0.330 e. The van der Waals surface area contributed by atoms with Crippen LogP contribution >= 0.6 is 23.1 Å². The molecule has 1 N–H and O–H groups in total. The number of aromatic nitrogens is 2. The number of nitrogens with one attached hydrogen (secondary N) is 1. The van der Waals surface area contributed by atoms with E-state index in [1.165, 1.54) is 11.1 Å².